The van der Waals surface area contributed by atoms with Gasteiger partial charge in [0.1, 0.15) is 0 Å². The van der Waals surface area contributed by atoms with Crippen molar-refractivity contribution in [2.24, 2.45) is 5.92 Å². The van der Waals surface area contributed by atoms with Crippen LogP contribution < -0.4 is 10.0 Å². The topological polar surface area (TPSA) is 84.5 Å². The average Bonchev–Trinajstić information content (AvgIpc) is 3.35. The molecule has 25 heavy (non-hydrogen) atoms. The molecule has 132 valence electrons. The van der Waals surface area contributed by atoms with Gasteiger partial charge in [-0.1, -0.05) is 24.3 Å². The summed E-state index contributed by atoms with van der Waals surface area (Å²) in [6, 6.07) is 14.8. The third-order valence-corrected chi connectivity index (χ3v) is 5.28. The fourth-order valence-corrected chi connectivity index (χ4v) is 3.63. The fraction of sp³-hybridized carbons (Fsp3) is 0.278. The Morgan fingerprint density at radius 2 is 1.84 bits per heavy atom. The molecular weight excluding hydrogens is 340 g/mol. The zero-order valence-corrected chi connectivity index (χ0v) is 14.6. The number of sulfonamides is 1. The van der Waals surface area contributed by atoms with Gasteiger partial charge in [-0.3, -0.25) is 9.52 Å². The Morgan fingerprint density at radius 1 is 1.12 bits per heavy atom. The summed E-state index contributed by atoms with van der Waals surface area (Å²) >= 11 is 0. The van der Waals surface area contributed by atoms with Crippen LogP contribution in [0.5, 0.6) is 0 Å². The molecular formula is C18H20N2O4S. The Balaban J connectivity index is 1.67. The molecule has 1 saturated carbocycles. The minimum absolute atomic E-state index is 0.00948. The van der Waals surface area contributed by atoms with Gasteiger partial charge < -0.3 is 10.1 Å². The van der Waals surface area contributed by atoms with E-state index in [1.807, 2.05) is 6.92 Å². The second-order valence-electron chi connectivity index (χ2n) is 5.82. The van der Waals surface area contributed by atoms with Crippen molar-refractivity contribution in [3.8, 4) is 0 Å². The third-order valence-electron chi connectivity index (χ3n) is 3.89. The molecule has 0 radical (unpaired) electrons. The number of nitrogens with one attached hydrogen (secondary N) is 2. The van der Waals surface area contributed by atoms with Crippen molar-refractivity contribution in [3.63, 3.8) is 0 Å². The predicted molar refractivity (Wildman–Crippen MR) is 95.8 cm³/mol. The van der Waals surface area contributed by atoms with Gasteiger partial charge in [0.25, 0.3) is 10.0 Å². The number of hydrogen-bond acceptors (Lipinski definition) is 4. The van der Waals surface area contributed by atoms with Crippen molar-refractivity contribution in [2.75, 3.05) is 16.6 Å². The monoisotopic (exact) mass is 360 g/mol. The maximum absolute atomic E-state index is 12.4. The molecule has 7 heteroatoms. The van der Waals surface area contributed by atoms with Crippen LogP contribution in [0.4, 0.5) is 11.4 Å². The highest BCUT2D eigenvalue weighted by atomic mass is 32.2. The number of carbonyl (C=O) groups excluding carboxylic acids is 1. The highest BCUT2D eigenvalue weighted by molar-refractivity contribution is 7.92. The Bertz CT molecular complexity index is 852. The van der Waals surface area contributed by atoms with Crippen LogP contribution in [0.15, 0.2) is 59.5 Å². The Morgan fingerprint density at radius 3 is 2.56 bits per heavy atom. The highest BCUT2D eigenvalue weighted by Crippen LogP contribution is 2.34. The number of anilines is 2. The maximum atomic E-state index is 12.4. The largest absolute Gasteiger partial charge is 0.378 e. The average molecular weight is 360 g/mol. The molecule has 2 aromatic carbocycles. The van der Waals surface area contributed by atoms with Crippen LogP contribution in [0.2, 0.25) is 0 Å². The molecule has 0 bridgehead atoms. The summed E-state index contributed by atoms with van der Waals surface area (Å²) in [6.07, 6.45) is 0.713. The smallest absolute Gasteiger partial charge is 0.261 e. The molecule has 0 spiro atoms. The lowest BCUT2D eigenvalue weighted by molar-refractivity contribution is -0.118. The normalized spacial score (nSPS) is 19.2. The summed E-state index contributed by atoms with van der Waals surface area (Å²) in [5.74, 6) is -0.244. The van der Waals surface area contributed by atoms with Crippen LogP contribution >= 0.6 is 0 Å². The van der Waals surface area contributed by atoms with Crippen LogP contribution in [-0.4, -0.2) is 27.0 Å². The number of amides is 1. The number of rotatable bonds is 7. The molecule has 0 aromatic heterocycles. The van der Waals surface area contributed by atoms with E-state index in [0.29, 0.717) is 18.0 Å². The molecule has 2 atom stereocenters. The van der Waals surface area contributed by atoms with Crippen LogP contribution in [0.1, 0.15) is 13.3 Å². The summed E-state index contributed by atoms with van der Waals surface area (Å²) in [6.45, 7) is 2.49. The summed E-state index contributed by atoms with van der Waals surface area (Å²) in [5, 5.41) is 2.80. The summed E-state index contributed by atoms with van der Waals surface area (Å²) in [4.78, 5) is 12.3. The lowest BCUT2D eigenvalue weighted by atomic mass is 10.2. The second-order valence-corrected chi connectivity index (χ2v) is 7.51. The minimum Gasteiger partial charge on any atom is -0.378 e. The number of hydrogen-bond donors (Lipinski definition) is 2. The molecule has 6 nitrogen and oxygen atoms in total. The molecule has 1 aliphatic carbocycles. The molecule has 2 unspecified atom stereocenters. The minimum atomic E-state index is -3.66. The molecule has 0 aliphatic heterocycles. The van der Waals surface area contributed by atoms with Gasteiger partial charge in [-0.15, -0.1) is 0 Å². The Hall–Kier alpha value is -2.38. The van der Waals surface area contributed by atoms with Gasteiger partial charge in [0.2, 0.25) is 5.91 Å². The SMILES string of the molecule is CCOC1CC1C(=O)Nc1cccc(NS(=O)(=O)c2ccccc2)c1. The quantitative estimate of drug-likeness (QED) is 0.795. The van der Waals surface area contributed by atoms with Crippen LogP contribution in [0.25, 0.3) is 0 Å². The molecule has 1 aliphatic rings. The fourth-order valence-electron chi connectivity index (χ4n) is 2.55. The van der Waals surface area contributed by atoms with E-state index in [0.717, 1.165) is 6.42 Å². The molecule has 1 amide bonds. The highest BCUT2D eigenvalue weighted by Gasteiger charge is 2.43. The van der Waals surface area contributed by atoms with Gasteiger partial charge in [0.05, 0.1) is 22.6 Å². The first-order chi connectivity index (χ1) is 12.0. The van der Waals surface area contributed by atoms with Crippen molar-refractivity contribution >= 4 is 27.3 Å². The van der Waals surface area contributed by atoms with Gasteiger partial charge in [-0.05, 0) is 43.7 Å². The first-order valence-corrected chi connectivity index (χ1v) is 9.58. The number of carbonyl (C=O) groups is 1. The molecule has 1 fully saturated rings. The summed E-state index contributed by atoms with van der Waals surface area (Å²) in [7, 11) is -3.66. The Labute approximate surface area is 147 Å². The zero-order chi connectivity index (χ0) is 17.9. The van der Waals surface area contributed by atoms with Crippen molar-refractivity contribution in [3.05, 3.63) is 54.6 Å². The van der Waals surface area contributed by atoms with E-state index in [1.165, 1.54) is 12.1 Å². The lowest BCUT2D eigenvalue weighted by Crippen LogP contribution is -2.17. The summed E-state index contributed by atoms with van der Waals surface area (Å²) in [5.41, 5.74) is 0.930. The standard InChI is InChI=1S/C18H20N2O4S/c1-2-24-17-12-16(17)18(21)19-13-7-6-8-14(11-13)20-25(22,23)15-9-4-3-5-10-15/h3-11,16-17,20H,2,12H2,1H3,(H,19,21). The molecule has 0 heterocycles. The molecule has 3 rings (SSSR count). The van der Waals surface area contributed by atoms with Crippen LogP contribution in [-0.2, 0) is 19.6 Å². The third kappa shape index (κ3) is 4.37. The lowest BCUT2D eigenvalue weighted by Gasteiger charge is -2.10. The van der Waals surface area contributed by atoms with E-state index >= 15 is 0 Å². The Kier molecular flexibility index (Phi) is 5.06. The van der Waals surface area contributed by atoms with Gasteiger partial charge in [0, 0.05) is 12.3 Å². The van der Waals surface area contributed by atoms with E-state index in [2.05, 4.69) is 10.0 Å². The van der Waals surface area contributed by atoms with Crippen molar-refractivity contribution < 1.29 is 17.9 Å². The first-order valence-electron chi connectivity index (χ1n) is 8.10. The second kappa shape index (κ2) is 7.25. The van der Waals surface area contributed by atoms with Crippen molar-refractivity contribution in [1.82, 2.24) is 0 Å². The van der Waals surface area contributed by atoms with E-state index in [1.54, 1.807) is 42.5 Å². The first kappa shape index (κ1) is 17.4. The van der Waals surface area contributed by atoms with E-state index in [4.69, 9.17) is 4.74 Å². The number of ether oxygens (including phenoxy) is 1. The van der Waals surface area contributed by atoms with E-state index in [9.17, 15) is 13.2 Å². The molecule has 2 aromatic rings. The van der Waals surface area contributed by atoms with Gasteiger partial charge in [-0.25, -0.2) is 8.42 Å². The van der Waals surface area contributed by atoms with Gasteiger partial charge in [-0.2, -0.15) is 0 Å². The van der Waals surface area contributed by atoms with Gasteiger partial charge in [0.15, 0.2) is 0 Å². The van der Waals surface area contributed by atoms with Crippen molar-refractivity contribution in [1.29, 1.82) is 0 Å². The zero-order valence-electron chi connectivity index (χ0n) is 13.8. The van der Waals surface area contributed by atoms with Crippen LogP contribution in [0.3, 0.4) is 0 Å². The maximum Gasteiger partial charge on any atom is 0.261 e. The van der Waals surface area contributed by atoms with Gasteiger partial charge >= 0.3 is 0 Å². The predicted octanol–water partition coefficient (Wildman–Crippen LogP) is 2.85. The number of benzene rings is 2. The van der Waals surface area contributed by atoms with Crippen molar-refractivity contribution in [2.45, 2.75) is 24.3 Å². The summed E-state index contributed by atoms with van der Waals surface area (Å²) < 4.78 is 32.6. The molecule has 0 saturated heterocycles. The molecule has 2 N–H and O–H groups in total. The van der Waals surface area contributed by atoms with E-state index in [-0.39, 0.29) is 22.8 Å². The van der Waals surface area contributed by atoms with E-state index < -0.39 is 10.0 Å². The van der Waals surface area contributed by atoms with Crippen LogP contribution in [0, 0.1) is 5.92 Å².